The Balaban J connectivity index is 2.29. The molecular weight excluding hydrogens is 236 g/mol. The molecule has 0 fully saturated rings. The maximum Gasteiger partial charge on any atom is 0.00955 e. The van der Waals surface area contributed by atoms with Crippen LogP contribution in [0.3, 0.4) is 0 Å². The van der Waals surface area contributed by atoms with Gasteiger partial charge < -0.3 is 0 Å². The van der Waals surface area contributed by atoms with Gasteiger partial charge in [-0.05, 0) is 48.4 Å². The summed E-state index contributed by atoms with van der Waals surface area (Å²) in [5.41, 5.74) is 4.18. The van der Waals surface area contributed by atoms with Crippen LogP contribution in [-0.4, -0.2) is 0 Å². The number of benzene rings is 1. The molecule has 0 aliphatic heterocycles. The van der Waals surface area contributed by atoms with Crippen LogP contribution in [0.2, 0.25) is 0 Å². The topological polar surface area (TPSA) is 0 Å². The molecule has 1 heteroatoms. The van der Waals surface area contributed by atoms with Crippen LogP contribution in [0.1, 0.15) is 36.1 Å². The molecule has 0 amide bonds. The Kier molecular flexibility index (Phi) is 4.23. The van der Waals surface area contributed by atoms with Crippen LogP contribution in [0.15, 0.2) is 30.3 Å². The number of hydrogen-bond acceptors (Lipinski definition) is 1. The summed E-state index contributed by atoms with van der Waals surface area (Å²) in [4.78, 5) is 2.95. The Morgan fingerprint density at radius 3 is 2.33 bits per heavy atom. The van der Waals surface area contributed by atoms with Gasteiger partial charge in [-0.25, -0.2) is 0 Å². The molecule has 2 rings (SSSR count). The number of hydrogen-bond donors (Lipinski definition) is 0. The molecule has 1 aromatic heterocycles. The third kappa shape index (κ3) is 3.02. The molecule has 96 valence electrons. The van der Waals surface area contributed by atoms with E-state index in [9.17, 15) is 0 Å². The van der Waals surface area contributed by atoms with E-state index < -0.39 is 0 Å². The van der Waals surface area contributed by atoms with Gasteiger partial charge in [-0.2, -0.15) is 0 Å². The van der Waals surface area contributed by atoms with Gasteiger partial charge in [0.05, 0.1) is 0 Å². The average Bonchev–Trinajstić information content (AvgIpc) is 2.69. The lowest BCUT2D eigenvalue weighted by molar-refractivity contribution is 0.654. The van der Waals surface area contributed by atoms with Crippen LogP contribution in [0.4, 0.5) is 0 Å². The zero-order valence-corrected chi connectivity index (χ0v) is 12.6. The molecule has 0 N–H and O–H groups in total. The fourth-order valence-electron chi connectivity index (χ4n) is 2.25. The summed E-state index contributed by atoms with van der Waals surface area (Å²) in [6, 6.07) is 11.4. The normalized spacial score (nSPS) is 11.2. The molecule has 1 aromatic carbocycles. The van der Waals surface area contributed by atoms with Crippen molar-refractivity contribution in [3.8, 4) is 11.1 Å². The average molecular weight is 258 g/mol. The van der Waals surface area contributed by atoms with E-state index >= 15 is 0 Å². The van der Waals surface area contributed by atoms with E-state index in [4.69, 9.17) is 0 Å². The second-order valence-electron chi connectivity index (χ2n) is 5.33. The predicted molar refractivity (Wildman–Crippen MR) is 82.4 cm³/mol. The molecule has 18 heavy (non-hydrogen) atoms. The highest BCUT2D eigenvalue weighted by Gasteiger charge is 2.08. The summed E-state index contributed by atoms with van der Waals surface area (Å²) in [7, 11) is 0. The number of aryl methyl sites for hydroxylation is 2. The van der Waals surface area contributed by atoms with Crippen molar-refractivity contribution in [1.82, 2.24) is 0 Å². The monoisotopic (exact) mass is 258 g/mol. The highest BCUT2D eigenvalue weighted by Crippen LogP contribution is 2.32. The summed E-state index contributed by atoms with van der Waals surface area (Å²) < 4.78 is 0. The van der Waals surface area contributed by atoms with E-state index in [0.29, 0.717) is 0 Å². The fourth-order valence-corrected chi connectivity index (χ4v) is 3.53. The molecule has 0 saturated carbocycles. The summed E-state index contributed by atoms with van der Waals surface area (Å²) in [6.07, 6.45) is 2.31. The lowest BCUT2D eigenvalue weighted by atomic mass is 10.0. The van der Waals surface area contributed by atoms with Crippen molar-refractivity contribution in [2.75, 3.05) is 0 Å². The molecule has 2 aromatic rings. The first-order valence-corrected chi connectivity index (χ1v) is 7.60. The third-order valence-corrected chi connectivity index (χ3v) is 4.32. The van der Waals surface area contributed by atoms with Gasteiger partial charge >= 0.3 is 0 Å². The summed E-state index contributed by atoms with van der Waals surface area (Å²) in [5.74, 6) is 0.735. The molecule has 0 aliphatic carbocycles. The standard InChI is InChI=1S/C17H22S/c1-5-14-6-8-15(9-7-14)17-11-16(10-12(2)3)18-13(17)4/h6-9,11-12H,5,10H2,1-4H3. The fraction of sp³-hybridized carbons (Fsp3) is 0.412. The van der Waals surface area contributed by atoms with Crippen molar-refractivity contribution in [2.24, 2.45) is 5.92 Å². The minimum Gasteiger partial charge on any atom is -0.145 e. The van der Waals surface area contributed by atoms with Crippen molar-refractivity contribution in [1.29, 1.82) is 0 Å². The first-order valence-electron chi connectivity index (χ1n) is 6.78. The molecule has 0 bridgehead atoms. The summed E-state index contributed by atoms with van der Waals surface area (Å²) in [5, 5.41) is 0. The van der Waals surface area contributed by atoms with E-state index in [1.54, 1.807) is 0 Å². The van der Waals surface area contributed by atoms with E-state index in [0.717, 1.165) is 12.3 Å². The highest BCUT2D eigenvalue weighted by atomic mass is 32.1. The maximum atomic E-state index is 2.38. The van der Waals surface area contributed by atoms with Crippen LogP contribution in [0.5, 0.6) is 0 Å². The first-order chi connectivity index (χ1) is 8.60. The van der Waals surface area contributed by atoms with Gasteiger partial charge in [0.25, 0.3) is 0 Å². The van der Waals surface area contributed by atoms with Crippen molar-refractivity contribution in [2.45, 2.75) is 40.5 Å². The van der Waals surface area contributed by atoms with Gasteiger partial charge in [-0.3, -0.25) is 0 Å². The Morgan fingerprint density at radius 2 is 1.78 bits per heavy atom. The molecule has 0 atom stereocenters. The van der Waals surface area contributed by atoms with E-state index in [2.05, 4.69) is 58.0 Å². The van der Waals surface area contributed by atoms with E-state index in [1.807, 2.05) is 11.3 Å². The Hall–Kier alpha value is -1.08. The SMILES string of the molecule is CCc1ccc(-c2cc(CC(C)C)sc2C)cc1. The highest BCUT2D eigenvalue weighted by molar-refractivity contribution is 7.12. The lowest BCUT2D eigenvalue weighted by Crippen LogP contribution is -1.89. The predicted octanol–water partition coefficient (Wildman–Crippen LogP) is 5.48. The molecule has 0 radical (unpaired) electrons. The van der Waals surface area contributed by atoms with Crippen molar-refractivity contribution in [3.05, 3.63) is 45.6 Å². The molecule has 1 heterocycles. The van der Waals surface area contributed by atoms with Crippen molar-refractivity contribution in [3.63, 3.8) is 0 Å². The molecule has 0 spiro atoms. The van der Waals surface area contributed by atoms with Crippen LogP contribution in [0.25, 0.3) is 11.1 Å². The Morgan fingerprint density at radius 1 is 1.11 bits per heavy atom. The van der Waals surface area contributed by atoms with Gasteiger partial charge in [0.15, 0.2) is 0 Å². The van der Waals surface area contributed by atoms with Crippen LogP contribution < -0.4 is 0 Å². The smallest absolute Gasteiger partial charge is 0.00955 e. The minimum absolute atomic E-state index is 0.735. The van der Waals surface area contributed by atoms with Gasteiger partial charge in [-0.1, -0.05) is 45.0 Å². The minimum atomic E-state index is 0.735. The summed E-state index contributed by atoms with van der Waals surface area (Å²) in [6.45, 7) is 9.00. The van der Waals surface area contributed by atoms with Gasteiger partial charge in [0.2, 0.25) is 0 Å². The van der Waals surface area contributed by atoms with Gasteiger partial charge in [-0.15, -0.1) is 11.3 Å². The van der Waals surface area contributed by atoms with Crippen LogP contribution in [0, 0.1) is 12.8 Å². The number of thiophene rings is 1. The van der Waals surface area contributed by atoms with Gasteiger partial charge in [0.1, 0.15) is 0 Å². The Labute approximate surface area is 115 Å². The third-order valence-electron chi connectivity index (χ3n) is 3.25. The Bertz CT molecular complexity index is 503. The van der Waals surface area contributed by atoms with Crippen LogP contribution >= 0.6 is 11.3 Å². The quantitative estimate of drug-likeness (QED) is 0.680. The molecular formula is C17H22S. The molecule has 0 nitrogen and oxygen atoms in total. The van der Waals surface area contributed by atoms with Crippen molar-refractivity contribution < 1.29 is 0 Å². The summed E-state index contributed by atoms with van der Waals surface area (Å²) >= 11 is 1.95. The first kappa shape index (κ1) is 13.4. The maximum absolute atomic E-state index is 2.38. The van der Waals surface area contributed by atoms with Crippen molar-refractivity contribution >= 4 is 11.3 Å². The molecule has 0 unspecified atom stereocenters. The second-order valence-corrected chi connectivity index (χ2v) is 6.67. The van der Waals surface area contributed by atoms with E-state index in [-0.39, 0.29) is 0 Å². The number of rotatable bonds is 4. The van der Waals surface area contributed by atoms with Gasteiger partial charge in [0, 0.05) is 9.75 Å². The largest absolute Gasteiger partial charge is 0.145 e. The zero-order chi connectivity index (χ0) is 13.1. The molecule has 0 saturated heterocycles. The zero-order valence-electron chi connectivity index (χ0n) is 11.8. The van der Waals surface area contributed by atoms with E-state index in [1.165, 1.54) is 32.9 Å². The lowest BCUT2D eigenvalue weighted by Gasteiger charge is -2.02. The molecule has 0 aliphatic rings. The second kappa shape index (κ2) is 5.71. The van der Waals surface area contributed by atoms with Crippen LogP contribution in [-0.2, 0) is 12.8 Å².